The van der Waals surface area contributed by atoms with Gasteiger partial charge in [-0.15, -0.1) is 11.3 Å². The summed E-state index contributed by atoms with van der Waals surface area (Å²) in [6.45, 7) is 0.319. The van der Waals surface area contributed by atoms with Crippen molar-refractivity contribution in [2.24, 2.45) is 0 Å². The fraction of sp³-hybridized carbons (Fsp3) is 0.278. The van der Waals surface area contributed by atoms with Gasteiger partial charge in [0.15, 0.2) is 0 Å². The van der Waals surface area contributed by atoms with Crippen LogP contribution in [0.4, 0.5) is 0 Å². The van der Waals surface area contributed by atoms with Crippen molar-refractivity contribution in [3.8, 4) is 5.75 Å². The minimum Gasteiger partial charge on any atom is -0.496 e. The largest absolute Gasteiger partial charge is 0.496 e. The number of nitrogens with zero attached hydrogens (tertiary/aromatic N) is 1. The molecule has 26 heavy (non-hydrogen) atoms. The minimum absolute atomic E-state index is 0.137. The summed E-state index contributed by atoms with van der Waals surface area (Å²) >= 11 is 1.37. The van der Waals surface area contributed by atoms with Crippen molar-refractivity contribution in [1.82, 2.24) is 9.29 Å². The second-order valence-corrected chi connectivity index (χ2v) is 9.13. The quantitative estimate of drug-likeness (QED) is 0.697. The predicted molar refractivity (Wildman–Crippen MR) is 105 cm³/mol. The number of methoxy groups -OCH3 is 1. The van der Waals surface area contributed by atoms with E-state index in [-0.39, 0.29) is 11.6 Å². The zero-order chi connectivity index (χ0) is 18.5. The maximum atomic E-state index is 12.4. The average Bonchev–Trinajstić information content (AvgIpc) is 3.10. The number of benzene rings is 1. The lowest BCUT2D eigenvalue weighted by atomic mass is 9.94. The maximum absolute atomic E-state index is 12.4. The van der Waals surface area contributed by atoms with Crippen LogP contribution in [0.1, 0.15) is 18.0 Å². The van der Waals surface area contributed by atoms with Gasteiger partial charge in [-0.25, -0.2) is 8.42 Å². The van der Waals surface area contributed by atoms with Gasteiger partial charge in [0.05, 0.1) is 19.4 Å². The summed E-state index contributed by atoms with van der Waals surface area (Å²) in [5.74, 6) is 0.617. The molecule has 1 aliphatic rings. The highest BCUT2D eigenvalue weighted by Gasteiger charge is 2.32. The summed E-state index contributed by atoms with van der Waals surface area (Å²) < 4.78 is 32.4. The van der Waals surface area contributed by atoms with Crippen LogP contribution in [0.25, 0.3) is 21.0 Å². The van der Waals surface area contributed by atoms with Crippen LogP contribution in [0.2, 0.25) is 0 Å². The van der Waals surface area contributed by atoms with Gasteiger partial charge in [-0.3, -0.25) is 4.79 Å². The van der Waals surface area contributed by atoms with Crippen LogP contribution in [0, 0.1) is 0 Å². The lowest BCUT2D eigenvalue weighted by Crippen LogP contribution is -2.36. The molecule has 1 aromatic carbocycles. The molecular weight excluding hydrogens is 372 g/mol. The van der Waals surface area contributed by atoms with E-state index in [1.54, 1.807) is 19.2 Å². The third-order valence-electron chi connectivity index (χ3n) is 4.73. The van der Waals surface area contributed by atoms with Gasteiger partial charge in [-0.05, 0) is 30.0 Å². The first-order valence-electron chi connectivity index (χ1n) is 8.13. The van der Waals surface area contributed by atoms with E-state index in [1.165, 1.54) is 21.9 Å². The smallest absolute Gasteiger partial charge is 0.266 e. The van der Waals surface area contributed by atoms with E-state index in [0.29, 0.717) is 28.9 Å². The molecule has 0 aliphatic carbocycles. The van der Waals surface area contributed by atoms with E-state index >= 15 is 0 Å². The zero-order valence-corrected chi connectivity index (χ0v) is 16.0. The normalized spacial score (nSPS) is 18.6. The Balaban J connectivity index is 2.12. The van der Waals surface area contributed by atoms with Gasteiger partial charge in [0.2, 0.25) is 10.0 Å². The van der Waals surface area contributed by atoms with Crippen LogP contribution in [-0.4, -0.2) is 37.6 Å². The van der Waals surface area contributed by atoms with E-state index < -0.39 is 10.0 Å². The Kier molecular flexibility index (Phi) is 4.13. The van der Waals surface area contributed by atoms with Gasteiger partial charge in [0.25, 0.3) is 5.56 Å². The average molecular weight is 390 g/mol. The Bertz CT molecular complexity index is 1190. The number of aromatic nitrogens is 1. The fourth-order valence-corrected chi connectivity index (χ4v) is 5.45. The predicted octanol–water partition coefficient (Wildman–Crippen LogP) is 3.01. The highest BCUT2D eigenvalue weighted by Crippen LogP contribution is 2.42. The molecule has 0 saturated carbocycles. The Morgan fingerprint density at radius 1 is 1.27 bits per heavy atom. The Labute approximate surface area is 154 Å². The molecule has 136 valence electrons. The van der Waals surface area contributed by atoms with Gasteiger partial charge in [0.1, 0.15) is 10.4 Å². The lowest BCUT2D eigenvalue weighted by Gasteiger charge is -2.32. The first-order valence-corrected chi connectivity index (χ1v) is 10.9. The number of nitrogens with one attached hydrogen (secondary N) is 1. The van der Waals surface area contributed by atoms with Crippen molar-refractivity contribution >= 4 is 42.3 Å². The molecule has 1 aliphatic heterocycles. The monoisotopic (exact) mass is 390 g/mol. The van der Waals surface area contributed by atoms with Crippen LogP contribution < -0.4 is 10.3 Å². The van der Waals surface area contributed by atoms with Gasteiger partial charge in [-0.1, -0.05) is 12.2 Å². The Hall–Kier alpha value is -2.16. The number of ether oxygens (including phenoxy) is 1. The fourth-order valence-electron chi connectivity index (χ4n) is 3.64. The van der Waals surface area contributed by atoms with Crippen molar-refractivity contribution in [1.29, 1.82) is 0 Å². The van der Waals surface area contributed by atoms with E-state index in [2.05, 4.69) is 4.98 Å². The summed E-state index contributed by atoms with van der Waals surface area (Å²) in [5, 5.41) is 3.54. The number of aromatic amines is 1. The number of hydrogen-bond acceptors (Lipinski definition) is 5. The molecule has 6 nitrogen and oxygen atoms in total. The molecule has 3 heterocycles. The molecular formula is C18H18N2O4S2. The molecule has 0 fully saturated rings. The molecule has 0 radical (unpaired) electrons. The summed E-state index contributed by atoms with van der Waals surface area (Å²) in [6.07, 6.45) is 5.62. The van der Waals surface area contributed by atoms with Crippen molar-refractivity contribution in [2.75, 3.05) is 19.9 Å². The van der Waals surface area contributed by atoms with E-state index in [9.17, 15) is 13.2 Å². The third kappa shape index (κ3) is 2.65. The molecule has 0 spiro atoms. The highest BCUT2D eigenvalue weighted by atomic mass is 32.2. The number of fused-ring (bicyclic) bond motifs is 3. The SMILES string of the molecule is COc1ccc2[nH]c(=O)c3sccc3c2c1C1CC=CCN1S(C)(=O)=O. The van der Waals surface area contributed by atoms with E-state index in [0.717, 1.165) is 16.3 Å². The Morgan fingerprint density at radius 3 is 2.81 bits per heavy atom. The second-order valence-electron chi connectivity index (χ2n) is 6.28. The van der Waals surface area contributed by atoms with Crippen LogP contribution >= 0.6 is 11.3 Å². The van der Waals surface area contributed by atoms with Crippen LogP contribution in [0.3, 0.4) is 0 Å². The zero-order valence-electron chi connectivity index (χ0n) is 14.4. The van der Waals surface area contributed by atoms with Crippen LogP contribution in [-0.2, 0) is 10.0 Å². The molecule has 8 heteroatoms. The van der Waals surface area contributed by atoms with Gasteiger partial charge >= 0.3 is 0 Å². The maximum Gasteiger partial charge on any atom is 0.266 e. The van der Waals surface area contributed by atoms with Crippen molar-refractivity contribution in [3.05, 3.63) is 51.6 Å². The lowest BCUT2D eigenvalue weighted by molar-refractivity contribution is 0.328. The summed E-state index contributed by atoms with van der Waals surface area (Å²) in [6, 6.07) is 5.11. The standard InChI is InChI=1S/C18H18N2O4S2/c1-24-14-7-6-12-15(11-8-10-25-17(11)18(21)19-12)16(14)13-5-3-4-9-20(13)26(2,22)23/h3-4,6-8,10,13H,5,9H2,1-2H3,(H,19,21). The van der Waals surface area contributed by atoms with Gasteiger partial charge < -0.3 is 9.72 Å². The van der Waals surface area contributed by atoms with E-state index in [1.807, 2.05) is 23.6 Å². The number of sulfonamides is 1. The number of H-pyrrole nitrogens is 1. The number of thiophene rings is 1. The molecule has 2 aromatic heterocycles. The number of pyridine rings is 1. The minimum atomic E-state index is -3.41. The van der Waals surface area contributed by atoms with Crippen molar-refractivity contribution in [3.63, 3.8) is 0 Å². The molecule has 0 bridgehead atoms. The molecule has 1 unspecified atom stereocenters. The van der Waals surface area contributed by atoms with Crippen LogP contribution in [0.15, 0.2) is 40.5 Å². The molecule has 1 atom stereocenters. The third-order valence-corrected chi connectivity index (χ3v) is 6.90. The molecule has 0 amide bonds. The molecule has 0 saturated heterocycles. The van der Waals surface area contributed by atoms with Crippen LogP contribution in [0.5, 0.6) is 5.75 Å². The van der Waals surface area contributed by atoms with Crippen molar-refractivity contribution in [2.45, 2.75) is 12.5 Å². The summed E-state index contributed by atoms with van der Waals surface area (Å²) in [7, 11) is -1.83. The number of rotatable bonds is 3. The van der Waals surface area contributed by atoms with Gasteiger partial charge in [-0.2, -0.15) is 4.31 Å². The van der Waals surface area contributed by atoms with E-state index in [4.69, 9.17) is 4.74 Å². The topological polar surface area (TPSA) is 79.5 Å². The number of hydrogen-bond donors (Lipinski definition) is 1. The second kappa shape index (κ2) is 6.22. The first kappa shape index (κ1) is 17.3. The summed E-state index contributed by atoms with van der Waals surface area (Å²) in [4.78, 5) is 15.2. The first-order chi connectivity index (χ1) is 12.4. The highest BCUT2D eigenvalue weighted by molar-refractivity contribution is 7.88. The van der Waals surface area contributed by atoms with Gasteiger partial charge in [0, 0.05) is 28.4 Å². The molecule has 3 aromatic rings. The van der Waals surface area contributed by atoms with Crippen molar-refractivity contribution < 1.29 is 13.2 Å². The molecule has 4 rings (SSSR count). The Morgan fingerprint density at radius 2 is 2.08 bits per heavy atom. The summed E-state index contributed by atoms with van der Waals surface area (Å²) in [5.41, 5.74) is 1.33. The molecule has 1 N–H and O–H groups in total.